The molecule has 20 heavy (non-hydrogen) atoms. The van der Waals surface area contributed by atoms with Gasteiger partial charge in [0, 0.05) is 25.4 Å². The second-order valence-electron chi connectivity index (χ2n) is 4.13. The van der Waals surface area contributed by atoms with Gasteiger partial charge in [0.05, 0.1) is 12.8 Å². The van der Waals surface area contributed by atoms with E-state index in [0.29, 0.717) is 24.7 Å². The molecule has 0 aliphatic rings. The van der Waals surface area contributed by atoms with Crippen LogP contribution in [0.3, 0.4) is 0 Å². The number of carboxylic acid groups (broad SMARTS) is 1. The van der Waals surface area contributed by atoms with E-state index in [0.717, 1.165) is 5.56 Å². The smallest absolute Gasteiger partial charge is 0.354 e. The Bertz CT molecular complexity index is 602. The van der Waals surface area contributed by atoms with Crippen molar-refractivity contribution in [2.24, 2.45) is 0 Å². The molecular formula is C14H15N3O3. The summed E-state index contributed by atoms with van der Waals surface area (Å²) in [5, 5.41) is 12.1. The van der Waals surface area contributed by atoms with E-state index in [1.807, 2.05) is 12.1 Å². The number of nitrogens with zero attached hydrogens (tertiary/aromatic N) is 2. The van der Waals surface area contributed by atoms with Crippen LogP contribution in [0.25, 0.3) is 0 Å². The van der Waals surface area contributed by atoms with Crippen molar-refractivity contribution in [3.8, 4) is 5.88 Å². The largest absolute Gasteiger partial charge is 0.481 e. The van der Waals surface area contributed by atoms with Crippen LogP contribution in [0.15, 0.2) is 36.5 Å². The van der Waals surface area contributed by atoms with Crippen molar-refractivity contribution in [2.45, 2.75) is 13.1 Å². The van der Waals surface area contributed by atoms with Crippen LogP contribution >= 0.6 is 0 Å². The maximum absolute atomic E-state index is 10.8. The highest BCUT2D eigenvalue weighted by atomic mass is 16.5. The summed E-state index contributed by atoms with van der Waals surface area (Å²) in [5.74, 6) is -0.457. The quantitative estimate of drug-likeness (QED) is 0.829. The third-order valence-electron chi connectivity index (χ3n) is 2.67. The van der Waals surface area contributed by atoms with Crippen LogP contribution in [0, 0.1) is 0 Å². The lowest BCUT2D eigenvalue weighted by molar-refractivity contribution is 0.0690. The van der Waals surface area contributed by atoms with E-state index >= 15 is 0 Å². The van der Waals surface area contributed by atoms with E-state index in [1.165, 1.54) is 6.07 Å². The second-order valence-corrected chi connectivity index (χ2v) is 4.13. The fourth-order valence-corrected chi connectivity index (χ4v) is 1.70. The Kier molecular flexibility index (Phi) is 4.62. The van der Waals surface area contributed by atoms with Gasteiger partial charge in [0.15, 0.2) is 0 Å². The van der Waals surface area contributed by atoms with Gasteiger partial charge in [-0.05, 0) is 23.8 Å². The van der Waals surface area contributed by atoms with Crippen molar-refractivity contribution < 1.29 is 14.6 Å². The predicted molar refractivity (Wildman–Crippen MR) is 72.5 cm³/mol. The summed E-state index contributed by atoms with van der Waals surface area (Å²) in [6, 6.07) is 8.67. The van der Waals surface area contributed by atoms with Crippen molar-refractivity contribution in [1.82, 2.24) is 15.3 Å². The SMILES string of the molecule is COc1cc(CNCc2cccc(C(=O)O)n2)ccn1. The third kappa shape index (κ3) is 3.76. The lowest BCUT2D eigenvalue weighted by atomic mass is 10.2. The molecule has 2 aromatic rings. The topological polar surface area (TPSA) is 84.3 Å². The number of nitrogens with one attached hydrogen (secondary N) is 1. The van der Waals surface area contributed by atoms with Crippen LogP contribution in [0.4, 0.5) is 0 Å². The molecule has 104 valence electrons. The molecule has 0 fully saturated rings. The van der Waals surface area contributed by atoms with Crippen LogP contribution in [-0.2, 0) is 13.1 Å². The van der Waals surface area contributed by atoms with Gasteiger partial charge in [-0.25, -0.2) is 14.8 Å². The summed E-state index contributed by atoms with van der Waals surface area (Å²) in [6.07, 6.45) is 1.68. The van der Waals surface area contributed by atoms with Crippen LogP contribution in [0.2, 0.25) is 0 Å². The summed E-state index contributed by atoms with van der Waals surface area (Å²) in [6.45, 7) is 1.11. The number of hydrogen-bond acceptors (Lipinski definition) is 5. The van der Waals surface area contributed by atoms with Crippen molar-refractivity contribution in [3.05, 3.63) is 53.5 Å². The third-order valence-corrected chi connectivity index (χ3v) is 2.67. The Hall–Kier alpha value is -2.47. The lowest BCUT2D eigenvalue weighted by Gasteiger charge is -2.06. The minimum absolute atomic E-state index is 0.0508. The monoisotopic (exact) mass is 273 g/mol. The van der Waals surface area contributed by atoms with Crippen LogP contribution in [0.5, 0.6) is 5.88 Å². The first-order valence-corrected chi connectivity index (χ1v) is 6.08. The highest BCUT2D eigenvalue weighted by Crippen LogP contribution is 2.08. The average molecular weight is 273 g/mol. The zero-order valence-electron chi connectivity index (χ0n) is 11.0. The Morgan fingerprint density at radius 1 is 1.35 bits per heavy atom. The Labute approximate surface area is 116 Å². The number of carboxylic acids is 1. The zero-order chi connectivity index (χ0) is 14.4. The van der Waals surface area contributed by atoms with E-state index in [4.69, 9.17) is 9.84 Å². The summed E-state index contributed by atoms with van der Waals surface area (Å²) >= 11 is 0. The highest BCUT2D eigenvalue weighted by molar-refractivity contribution is 5.85. The molecule has 0 amide bonds. The number of pyridine rings is 2. The van der Waals surface area contributed by atoms with Gasteiger partial charge < -0.3 is 15.2 Å². The van der Waals surface area contributed by atoms with Crippen molar-refractivity contribution in [3.63, 3.8) is 0 Å². The number of ether oxygens (including phenoxy) is 1. The first-order valence-electron chi connectivity index (χ1n) is 6.08. The zero-order valence-corrected chi connectivity index (χ0v) is 11.0. The minimum Gasteiger partial charge on any atom is -0.481 e. The van der Waals surface area contributed by atoms with E-state index in [2.05, 4.69) is 15.3 Å². The first kappa shape index (κ1) is 14.0. The van der Waals surface area contributed by atoms with E-state index < -0.39 is 5.97 Å². The normalized spacial score (nSPS) is 10.2. The van der Waals surface area contributed by atoms with Gasteiger partial charge in [-0.3, -0.25) is 0 Å². The van der Waals surface area contributed by atoms with Crippen LogP contribution < -0.4 is 10.1 Å². The van der Waals surface area contributed by atoms with Crippen molar-refractivity contribution in [1.29, 1.82) is 0 Å². The van der Waals surface area contributed by atoms with Crippen molar-refractivity contribution >= 4 is 5.97 Å². The van der Waals surface area contributed by atoms with Gasteiger partial charge in [0.25, 0.3) is 0 Å². The molecule has 0 spiro atoms. The summed E-state index contributed by atoms with van der Waals surface area (Å²) in [5.41, 5.74) is 1.77. The molecule has 2 heterocycles. The molecule has 2 N–H and O–H groups in total. The highest BCUT2D eigenvalue weighted by Gasteiger charge is 2.04. The number of aromatic carboxylic acids is 1. The minimum atomic E-state index is -1.02. The van der Waals surface area contributed by atoms with Crippen molar-refractivity contribution in [2.75, 3.05) is 7.11 Å². The average Bonchev–Trinajstić information content (AvgIpc) is 2.48. The number of aromatic nitrogens is 2. The van der Waals surface area contributed by atoms with Crippen LogP contribution in [-0.4, -0.2) is 28.2 Å². The Morgan fingerprint density at radius 2 is 2.20 bits per heavy atom. The number of rotatable bonds is 6. The molecule has 0 unspecified atom stereocenters. The molecule has 0 saturated carbocycles. The van der Waals surface area contributed by atoms with Gasteiger partial charge in [0.2, 0.25) is 5.88 Å². The summed E-state index contributed by atoms with van der Waals surface area (Å²) in [4.78, 5) is 18.9. The number of methoxy groups -OCH3 is 1. The number of hydrogen-bond donors (Lipinski definition) is 2. The maximum Gasteiger partial charge on any atom is 0.354 e. The van der Waals surface area contributed by atoms with Crippen LogP contribution in [0.1, 0.15) is 21.7 Å². The standard InChI is InChI=1S/C14H15N3O3/c1-20-13-7-10(5-6-16-13)8-15-9-11-3-2-4-12(17-11)14(18)19/h2-7,15H,8-9H2,1H3,(H,18,19). The predicted octanol–water partition coefficient (Wildman–Crippen LogP) is 1.47. The number of carbonyl (C=O) groups is 1. The van der Waals surface area contributed by atoms with E-state index in [9.17, 15) is 4.79 Å². The van der Waals surface area contributed by atoms with Gasteiger partial charge in [-0.15, -0.1) is 0 Å². The molecule has 0 aliphatic heterocycles. The molecule has 0 aliphatic carbocycles. The molecule has 0 atom stereocenters. The maximum atomic E-state index is 10.8. The Morgan fingerprint density at radius 3 is 2.95 bits per heavy atom. The summed E-state index contributed by atoms with van der Waals surface area (Å²) in [7, 11) is 1.57. The molecular weight excluding hydrogens is 258 g/mol. The lowest BCUT2D eigenvalue weighted by Crippen LogP contribution is -2.15. The molecule has 2 aromatic heterocycles. The van der Waals surface area contributed by atoms with Gasteiger partial charge in [-0.2, -0.15) is 0 Å². The van der Waals surface area contributed by atoms with E-state index in [-0.39, 0.29) is 5.69 Å². The molecule has 0 aromatic carbocycles. The molecule has 0 radical (unpaired) electrons. The first-order chi connectivity index (χ1) is 9.69. The molecule has 0 saturated heterocycles. The van der Waals surface area contributed by atoms with Gasteiger partial charge >= 0.3 is 5.97 Å². The van der Waals surface area contributed by atoms with E-state index in [1.54, 1.807) is 25.4 Å². The fraction of sp³-hybridized carbons (Fsp3) is 0.214. The Balaban J connectivity index is 1.92. The van der Waals surface area contributed by atoms with Gasteiger partial charge in [0.1, 0.15) is 5.69 Å². The molecule has 6 nitrogen and oxygen atoms in total. The molecule has 0 bridgehead atoms. The fourth-order valence-electron chi connectivity index (χ4n) is 1.70. The molecule has 6 heteroatoms. The summed E-state index contributed by atoms with van der Waals surface area (Å²) < 4.78 is 5.05. The second kappa shape index (κ2) is 6.63. The van der Waals surface area contributed by atoms with Gasteiger partial charge in [-0.1, -0.05) is 6.07 Å². The molecule has 2 rings (SSSR count).